The maximum Gasteiger partial charge on any atom is 0.326 e. The van der Waals surface area contributed by atoms with Crippen LogP contribution in [-0.2, 0) is 9.13 Å². The minimum atomic E-state index is -3.96. The molecule has 8 nitrogen and oxygen atoms in total. The van der Waals surface area contributed by atoms with Crippen LogP contribution in [0.1, 0.15) is 0 Å². The van der Waals surface area contributed by atoms with E-state index in [1.807, 2.05) is 0 Å². The number of hydrogen-bond acceptors (Lipinski definition) is 4. The van der Waals surface area contributed by atoms with Gasteiger partial charge in [-0.2, -0.15) is 0 Å². The summed E-state index contributed by atoms with van der Waals surface area (Å²) in [6.07, 6.45) is -0.370. The Bertz CT molecular complexity index is 296. The molecule has 0 aliphatic carbocycles. The molecule has 0 aromatic rings. The molecule has 0 radical (unpaired) electrons. The summed E-state index contributed by atoms with van der Waals surface area (Å²) in [5, 5.41) is 0. The van der Waals surface area contributed by atoms with Crippen molar-refractivity contribution < 1.29 is 28.7 Å². The maximum absolute atomic E-state index is 10.7. The van der Waals surface area contributed by atoms with Gasteiger partial charge in [0.25, 0.3) is 0 Å². The highest BCUT2D eigenvalue weighted by molar-refractivity contribution is 7.52. The van der Waals surface area contributed by atoms with Crippen LogP contribution in [0.4, 0.5) is 0 Å². The van der Waals surface area contributed by atoms with E-state index in [-0.39, 0.29) is 25.4 Å². The average molecular weight is 304 g/mol. The minimum Gasteiger partial charge on any atom is -0.324 e. The summed E-state index contributed by atoms with van der Waals surface area (Å²) in [4.78, 5) is 38.4. The molecule has 0 aromatic heterocycles. The van der Waals surface area contributed by atoms with Gasteiger partial charge in [-0.05, 0) is 14.1 Å². The van der Waals surface area contributed by atoms with Crippen LogP contribution >= 0.6 is 15.2 Å². The van der Waals surface area contributed by atoms with E-state index in [0.29, 0.717) is 13.1 Å². The average Bonchev–Trinajstić information content (AvgIpc) is 2.18. The van der Waals surface area contributed by atoms with Crippen LogP contribution in [-0.4, -0.2) is 82.0 Å². The molecule has 0 spiro atoms. The topological polar surface area (TPSA) is 122 Å². The summed E-state index contributed by atoms with van der Waals surface area (Å²) in [6.45, 7) is 1.74. The van der Waals surface area contributed by atoms with Crippen LogP contribution in [0.2, 0.25) is 0 Å². The predicted molar refractivity (Wildman–Crippen MR) is 68.8 cm³/mol. The summed E-state index contributed by atoms with van der Waals surface area (Å²) in [5.74, 6) is 0. The Kier molecular flexibility index (Phi) is 7.82. The fourth-order valence-corrected chi connectivity index (χ4v) is 2.37. The normalized spacial score (nSPS) is 13.6. The lowest BCUT2D eigenvalue weighted by molar-refractivity contribution is 0.263. The lowest BCUT2D eigenvalue weighted by Gasteiger charge is -2.22. The molecule has 0 saturated heterocycles. The molecule has 0 aliphatic rings. The molecule has 110 valence electrons. The highest BCUT2D eigenvalue weighted by Gasteiger charge is 2.15. The van der Waals surface area contributed by atoms with Crippen molar-refractivity contribution in [2.45, 2.75) is 0 Å². The van der Waals surface area contributed by atoms with Crippen LogP contribution in [0.15, 0.2) is 0 Å². The Balaban J connectivity index is 3.75. The maximum atomic E-state index is 10.7. The monoisotopic (exact) mass is 304 g/mol. The fourth-order valence-electron chi connectivity index (χ4n) is 1.17. The summed E-state index contributed by atoms with van der Waals surface area (Å²) < 4.78 is 21.3. The molecular formula is C8H22N2O6P2. The van der Waals surface area contributed by atoms with E-state index in [2.05, 4.69) is 0 Å². The van der Waals surface area contributed by atoms with Crippen molar-refractivity contribution in [1.29, 1.82) is 0 Å². The van der Waals surface area contributed by atoms with Gasteiger partial charge < -0.3 is 29.4 Å². The third-order valence-corrected chi connectivity index (χ3v) is 3.97. The van der Waals surface area contributed by atoms with Crippen LogP contribution < -0.4 is 0 Å². The van der Waals surface area contributed by atoms with Crippen LogP contribution in [0, 0.1) is 0 Å². The molecule has 0 heterocycles. The Labute approximate surface area is 107 Å². The number of nitrogens with zero attached hydrogens (tertiary/aromatic N) is 2. The first kappa shape index (κ1) is 18.2. The van der Waals surface area contributed by atoms with Crippen molar-refractivity contribution in [2.75, 3.05) is 52.6 Å². The van der Waals surface area contributed by atoms with Gasteiger partial charge in [-0.1, -0.05) is 0 Å². The molecule has 4 N–H and O–H groups in total. The zero-order valence-electron chi connectivity index (χ0n) is 10.6. The lowest BCUT2D eigenvalue weighted by Crippen LogP contribution is -2.33. The second-order valence-corrected chi connectivity index (χ2v) is 7.94. The third kappa shape index (κ3) is 12.7. The summed E-state index contributed by atoms with van der Waals surface area (Å²) in [7, 11) is -4.44. The SMILES string of the molecule is CN(CCN(C)CCP(=O)(O)O)CCP(=O)(O)O. The Morgan fingerprint density at radius 1 is 0.722 bits per heavy atom. The van der Waals surface area contributed by atoms with Crippen molar-refractivity contribution >= 4 is 15.2 Å². The van der Waals surface area contributed by atoms with Gasteiger partial charge in [-0.25, -0.2) is 0 Å². The van der Waals surface area contributed by atoms with Gasteiger partial charge in [0.05, 0.1) is 12.3 Å². The standard InChI is InChI=1S/C8H22N2O6P2/c1-9(5-7-17(11,12)13)3-4-10(2)6-8-18(14,15)16/h3-8H2,1-2H3,(H2,11,12,13)(H2,14,15,16). The van der Waals surface area contributed by atoms with Crippen LogP contribution in [0.3, 0.4) is 0 Å². The number of hydrogen-bond donors (Lipinski definition) is 4. The van der Waals surface area contributed by atoms with E-state index in [9.17, 15) is 9.13 Å². The highest BCUT2D eigenvalue weighted by atomic mass is 31.2. The molecule has 18 heavy (non-hydrogen) atoms. The third-order valence-electron chi connectivity index (χ3n) is 2.41. The molecule has 0 fully saturated rings. The molecule has 0 atom stereocenters. The number of rotatable bonds is 9. The van der Waals surface area contributed by atoms with Crippen molar-refractivity contribution in [1.82, 2.24) is 9.80 Å². The minimum absolute atomic E-state index is 0.185. The van der Waals surface area contributed by atoms with Gasteiger partial charge in [0.1, 0.15) is 0 Å². The smallest absolute Gasteiger partial charge is 0.324 e. The van der Waals surface area contributed by atoms with Gasteiger partial charge in [0.15, 0.2) is 0 Å². The zero-order chi connectivity index (χ0) is 14.4. The van der Waals surface area contributed by atoms with Gasteiger partial charge >= 0.3 is 15.2 Å². The predicted octanol–water partition coefficient (Wildman–Crippen LogP) is -0.795. The summed E-state index contributed by atoms with van der Waals surface area (Å²) in [5.41, 5.74) is 0. The summed E-state index contributed by atoms with van der Waals surface area (Å²) in [6, 6.07) is 0. The second kappa shape index (κ2) is 7.72. The first-order valence-electron chi connectivity index (χ1n) is 5.46. The Morgan fingerprint density at radius 2 is 1.00 bits per heavy atom. The first-order chi connectivity index (χ1) is 7.99. The molecule has 0 unspecified atom stereocenters. The van der Waals surface area contributed by atoms with E-state index >= 15 is 0 Å². The largest absolute Gasteiger partial charge is 0.326 e. The van der Waals surface area contributed by atoms with Gasteiger partial charge in [-0.15, -0.1) is 0 Å². The van der Waals surface area contributed by atoms with Crippen molar-refractivity contribution in [3.63, 3.8) is 0 Å². The molecular weight excluding hydrogens is 282 g/mol. The molecule has 0 aromatic carbocycles. The van der Waals surface area contributed by atoms with Crippen molar-refractivity contribution in [3.05, 3.63) is 0 Å². The molecule has 0 amide bonds. The molecule has 0 saturated carbocycles. The van der Waals surface area contributed by atoms with Gasteiger partial charge in [-0.3, -0.25) is 9.13 Å². The molecule has 10 heteroatoms. The van der Waals surface area contributed by atoms with Gasteiger partial charge in [0, 0.05) is 26.2 Å². The Morgan fingerprint density at radius 3 is 1.22 bits per heavy atom. The van der Waals surface area contributed by atoms with Crippen LogP contribution in [0.25, 0.3) is 0 Å². The zero-order valence-corrected chi connectivity index (χ0v) is 12.4. The lowest BCUT2D eigenvalue weighted by atomic mass is 10.5. The molecule has 0 aliphatic heterocycles. The fraction of sp³-hybridized carbons (Fsp3) is 1.00. The first-order valence-corrected chi connectivity index (χ1v) is 9.05. The second-order valence-electron chi connectivity index (χ2n) is 4.38. The van der Waals surface area contributed by atoms with E-state index < -0.39 is 15.2 Å². The van der Waals surface area contributed by atoms with Crippen LogP contribution in [0.5, 0.6) is 0 Å². The van der Waals surface area contributed by atoms with E-state index in [1.54, 1.807) is 23.9 Å². The van der Waals surface area contributed by atoms with E-state index in [0.717, 1.165) is 0 Å². The summed E-state index contributed by atoms with van der Waals surface area (Å²) >= 11 is 0. The molecule has 0 rings (SSSR count). The van der Waals surface area contributed by atoms with Crippen molar-refractivity contribution in [3.8, 4) is 0 Å². The van der Waals surface area contributed by atoms with E-state index in [1.165, 1.54) is 0 Å². The quantitative estimate of drug-likeness (QED) is 0.409. The van der Waals surface area contributed by atoms with Crippen molar-refractivity contribution in [2.24, 2.45) is 0 Å². The Hall–Kier alpha value is 0.220. The van der Waals surface area contributed by atoms with Gasteiger partial charge in [0.2, 0.25) is 0 Å². The number of likely N-dealkylation sites (N-methyl/N-ethyl adjacent to an activating group) is 2. The molecule has 0 bridgehead atoms. The van der Waals surface area contributed by atoms with E-state index in [4.69, 9.17) is 19.6 Å². The highest BCUT2D eigenvalue weighted by Crippen LogP contribution is 2.34.